The number of carbonyl (C=O) groups is 2. The molecule has 2 rings (SSSR count). The van der Waals surface area contributed by atoms with E-state index in [2.05, 4.69) is 5.32 Å². The van der Waals surface area contributed by atoms with E-state index in [4.69, 9.17) is 11.6 Å². The molecule has 1 unspecified atom stereocenters. The van der Waals surface area contributed by atoms with E-state index in [1.807, 2.05) is 52.0 Å². The minimum atomic E-state index is -3.91. The van der Waals surface area contributed by atoms with Crippen LogP contribution >= 0.6 is 11.6 Å². The van der Waals surface area contributed by atoms with Crippen molar-refractivity contribution in [1.82, 2.24) is 14.5 Å². The van der Waals surface area contributed by atoms with Gasteiger partial charge in [-0.15, -0.1) is 0 Å². The predicted octanol–water partition coefficient (Wildman–Crippen LogP) is 3.60. The highest BCUT2D eigenvalue weighted by molar-refractivity contribution is 7.89. The van der Waals surface area contributed by atoms with Gasteiger partial charge in [-0.3, -0.25) is 9.59 Å². The van der Waals surface area contributed by atoms with Crippen LogP contribution in [0.1, 0.15) is 38.8 Å². The molecule has 2 amide bonds. The lowest BCUT2D eigenvalue weighted by Gasteiger charge is -2.32. The summed E-state index contributed by atoms with van der Waals surface area (Å²) in [4.78, 5) is 27.6. The van der Waals surface area contributed by atoms with Gasteiger partial charge in [0, 0.05) is 24.2 Å². The molecule has 0 aliphatic heterocycles. The number of likely N-dealkylation sites (N-methyl/N-ethyl adjacent to an activating group) is 1. The molecule has 0 aliphatic carbocycles. The first-order valence-corrected chi connectivity index (χ1v) is 12.4. The fourth-order valence-electron chi connectivity index (χ4n) is 3.18. The molecule has 0 fully saturated rings. The average molecular weight is 494 g/mol. The number of nitrogens with one attached hydrogen (secondary N) is 1. The van der Waals surface area contributed by atoms with E-state index in [1.54, 1.807) is 6.92 Å². The highest BCUT2D eigenvalue weighted by atomic mass is 35.5. The van der Waals surface area contributed by atoms with Crippen LogP contribution in [0.15, 0.2) is 53.4 Å². The van der Waals surface area contributed by atoms with Gasteiger partial charge in [0.25, 0.3) is 0 Å². The molecule has 1 N–H and O–H groups in total. The van der Waals surface area contributed by atoms with Crippen LogP contribution in [0.4, 0.5) is 0 Å². The number of nitrogens with zero attached hydrogens (tertiary/aromatic N) is 2. The molecule has 0 radical (unpaired) electrons. The van der Waals surface area contributed by atoms with Gasteiger partial charge in [-0.1, -0.05) is 35.9 Å². The van der Waals surface area contributed by atoms with Crippen LogP contribution in [-0.2, 0) is 26.2 Å². The number of hydrogen-bond donors (Lipinski definition) is 1. The zero-order chi connectivity index (χ0) is 25.0. The third kappa shape index (κ3) is 7.28. The maximum Gasteiger partial charge on any atom is 0.243 e. The van der Waals surface area contributed by atoms with Crippen molar-refractivity contribution in [2.75, 3.05) is 13.6 Å². The van der Waals surface area contributed by atoms with Crippen LogP contribution in [0.5, 0.6) is 0 Å². The summed E-state index contributed by atoms with van der Waals surface area (Å²) in [6.45, 7) is 8.91. The van der Waals surface area contributed by atoms with Crippen molar-refractivity contribution in [1.29, 1.82) is 0 Å². The van der Waals surface area contributed by atoms with Gasteiger partial charge in [0.1, 0.15) is 6.04 Å². The van der Waals surface area contributed by atoms with Crippen LogP contribution in [0.3, 0.4) is 0 Å². The fraction of sp³-hybridized carbons (Fsp3) is 0.417. The molecule has 1 atom stereocenters. The van der Waals surface area contributed by atoms with Gasteiger partial charge in [-0.25, -0.2) is 8.42 Å². The second kappa shape index (κ2) is 10.7. The quantitative estimate of drug-likeness (QED) is 0.608. The summed E-state index contributed by atoms with van der Waals surface area (Å²) >= 11 is 5.86. The number of halogens is 1. The first-order valence-electron chi connectivity index (χ1n) is 10.6. The Kier molecular flexibility index (Phi) is 8.68. The first-order chi connectivity index (χ1) is 15.2. The molecular weight excluding hydrogens is 462 g/mol. The van der Waals surface area contributed by atoms with Gasteiger partial charge in [0.2, 0.25) is 21.8 Å². The third-order valence-corrected chi connectivity index (χ3v) is 7.22. The number of aryl methyl sites for hydroxylation is 1. The standard InChI is InChI=1S/C24H32ClN3O4S/c1-17-9-7-8-10-19(17)15-28(18(2)23(30)26-24(3,4)5)22(29)16-27(6)33(31,32)21-13-11-20(25)12-14-21/h7-14,18H,15-16H2,1-6H3,(H,26,30). The largest absolute Gasteiger partial charge is 0.350 e. The summed E-state index contributed by atoms with van der Waals surface area (Å²) in [5.74, 6) is -0.789. The highest BCUT2D eigenvalue weighted by Crippen LogP contribution is 2.19. The third-order valence-electron chi connectivity index (χ3n) is 5.15. The van der Waals surface area contributed by atoms with Crippen molar-refractivity contribution >= 4 is 33.4 Å². The zero-order valence-corrected chi connectivity index (χ0v) is 21.5. The molecule has 0 spiro atoms. The van der Waals surface area contributed by atoms with E-state index >= 15 is 0 Å². The Morgan fingerprint density at radius 2 is 1.64 bits per heavy atom. The molecule has 9 heteroatoms. The topological polar surface area (TPSA) is 86.8 Å². The number of benzene rings is 2. The second-order valence-corrected chi connectivity index (χ2v) is 11.6. The van der Waals surface area contributed by atoms with Crippen LogP contribution in [0, 0.1) is 6.92 Å². The van der Waals surface area contributed by atoms with Crippen molar-refractivity contribution in [3.63, 3.8) is 0 Å². The lowest BCUT2D eigenvalue weighted by atomic mass is 10.1. The highest BCUT2D eigenvalue weighted by Gasteiger charge is 2.31. The predicted molar refractivity (Wildman–Crippen MR) is 130 cm³/mol. The Labute approximate surface area is 201 Å². The molecule has 0 saturated carbocycles. The van der Waals surface area contributed by atoms with E-state index in [9.17, 15) is 18.0 Å². The van der Waals surface area contributed by atoms with E-state index in [-0.39, 0.29) is 17.3 Å². The monoisotopic (exact) mass is 493 g/mol. The maximum absolute atomic E-state index is 13.3. The van der Waals surface area contributed by atoms with Crippen molar-refractivity contribution in [2.45, 2.75) is 57.6 Å². The summed E-state index contributed by atoms with van der Waals surface area (Å²) in [5.41, 5.74) is 1.38. The SMILES string of the molecule is Cc1ccccc1CN(C(=O)CN(C)S(=O)(=O)c1ccc(Cl)cc1)C(C)C(=O)NC(C)(C)C. The van der Waals surface area contributed by atoms with Crippen LogP contribution in [0.2, 0.25) is 5.02 Å². The van der Waals surface area contributed by atoms with Crippen molar-refractivity contribution in [3.8, 4) is 0 Å². The molecule has 33 heavy (non-hydrogen) atoms. The summed E-state index contributed by atoms with van der Waals surface area (Å²) in [6.07, 6.45) is 0. The molecule has 2 aromatic rings. The summed E-state index contributed by atoms with van der Waals surface area (Å²) in [5, 5.41) is 3.30. The minimum Gasteiger partial charge on any atom is -0.350 e. The first kappa shape index (κ1) is 26.8. The van der Waals surface area contributed by atoms with Gasteiger partial charge in [0.15, 0.2) is 0 Å². The molecule has 7 nitrogen and oxygen atoms in total. The summed E-state index contributed by atoms with van der Waals surface area (Å²) < 4.78 is 26.9. The Bertz CT molecular complexity index is 1100. The van der Waals surface area contributed by atoms with E-state index < -0.39 is 34.1 Å². The maximum atomic E-state index is 13.3. The molecule has 0 saturated heterocycles. The van der Waals surface area contributed by atoms with E-state index in [1.165, 1.54) is 36.2 Å². The molecule has 0 bridgehead atoms. The molecule has 180 valence electrons. The van der Waals surface area contributed by atoms with Crippen molar-refractivity contribution in [2.24, 2.45) is 0 Å². The van der Waals surface area contributed by atoms with Crippen molar-refractivity contribution < 1.29 is 18.0 Å². The van der Waals surface area contributed by atoms with Gasteiger partial charge >= 0.3 is 0 Å². The summed E-state index contributed by atoms with van der Waals surface area (Å²) in [6, 6.07) is 12.5. The summed E-state index contributed by atoms with van der Waals surface area (Å²) in [7, 11) is -2.57. The molecule has 0 heterocycles. The number of sulfonamides is 1. The molecule has 2 aromatic carbocycles. The van der Waals surface area contributed by atoms with Crippen LogP contribution in [-0.4, -0.2) is 54.6 Å². The lowest BCUT2D eigenvalue weighted by molar-refractivity contribution is -0.141. The van der Waals surface area contributed by atoms with Crippen LogP contribution in [0.25, 0.3) is 0 Å². The Morgan fingerprint density at radius 3 is 2.18 bits per heavy atom. The van der Waals surface area contributed by atoms with Crippen LogP contribution < -0.4 is 5.32 Å². The zero-order valence-electron chi connectivity index (χ0n) is 19.9. The minimum absolute atomic E-state index is 0.0335. The Morgan fingerprint density at radius 1 is 1.06 bits per heavy atom. The molecular formula is C24H32ClN3O4S. The van der Waals surface area contributed by atoms with Gasteiger partial charge in [-0.05, 0) is 70.0 Å². The second-order valence-electron chi connectivity index (χ2n) is 9.08. The van der Waals surface area contributed by atoms with Crippen molar-refractivity contribution in [3.05, 3.63) is 64.7 Å². The number of carbonyl (C=O) groups excluding carboxylic acids is 2. The van der Waals surface area contributed by atoms with E-state index in [0.29, 0.717) is 5.02 Å². The fourth-order valence-corrected chi connectivity index (χ4v) is 4.43. The normalized spacial score (nSPS) is 13.0. The van der Waals surface area contributed by atoms with Gasteiger partial charge < -0.3 is 10.2 Å². The molecule has 0 aliphatic rings. The average Bonchev–Trinajstić information content (AvgIpc) is 2.71. The van der Waals surface area contributed by atoms with Gasteiger partial charge in [-0.2, -0.15) is 4.31 Å². The Hall–Kier alpha value is -2.42. The lowest BCUT2D eigenvalue weighted by Crippen LogP contribution is -2.54. The smallest absolute Gasteiger partial charge is 0.243 e. The number of amides is 2. The molecule has 0 aromatic heterocycles. The van der Waals surface area contributed by atoms with E-state index in [0.717, 1.165) is 15.4 Å². The number of rotatable bonds is 8. The number of hydrogen-bond acceptors (Lipinski definition) is 4. The van der Waals surface area contributed by atoms with Gasteiger partial charge in [0.05, 0.1) is 11.4 Å². The Balaban J connectivity index is 2.31.